The second-order valence-corrected chi connectivity index (χ2v) is 3.36. The number of unbranched alkanes of at least 4 members (excludes halogenated alkanes) is 2. The molecule has 0 amide bonds. The molecule has 0 atom stereocenters. The molecule has 0 aliphatic rings. The monoisotopic (exact) mass is 131 g/mol. The van der Waals surface area contributed by atoms with Gasteiger partial charge in [0.05, 0.1) is 0 Å². The molecule has 0 fully saturated rings. The second-order valence-electron chi connectivity index (χ2n) is 1.92. The number of hydrogen-bond donors (Lipinski definition) is 1. The summed E-state index contributed by atoms with van der Waals surface area (Å²) in [5, 5.41) is 5.08. The predicted octanol–water partition coefficient (Wildman–Crippen LogP) is 1.05. The van der Waals surface area contributed by atoms with Crippen LogP contribution in [0.15, 0.2) is 0 Å². The number of nitrogens with two attached hydrogens (primary N) is 1. The van der Waals surface area contributed by atoms with Crippen molar-refractivity contribution in [1.82, 2.24) is 0 Å². The van der Waals surface area contributed by atoms with E-state index in [0.29, 0.717) is 0 Å². The van der Waals surface area contributed by atoms with Gasteiger partial charge >= 0.3 is 8.84 Å². The van der Waals surface area contributed by atoms with Crippen molar-refractivity contribution >= 4 is 8.84 Å². The van der Waals surface area contributed by atoms with E-state index in [9.17, 15) is 4.46 Å². The van der Waals surface area contributed by atoms with E-state index in [4.69, 9.17) is 5.40 Å². The molecule has 0 saturated carbocycles. The highest BCUT2D eigenvalue weighted by Crippen LogP contribution is 1.97. The molecular formula is C5H13NOSi. The summed E-state index contributed by atoms with van der Waals surface area (Å²) >= 11 is 0. The van der Waals surface area contributed by atoms with Crippen LogP contribution in [0.4, 0.5) is 0 Å². The summed E-state index contributed by atoms with van der Waals surface area (Å²) in [6, 6.07) is 0.735. The van der Waals surface area contributed by atoms with Crippen LogP contribution in [-0.4, -0.2) is 8.84 Å². The lowest BCUT2D eigenvalue weighted by Gasteiger charge is -1.89. The van der Waals surface area contributed by atoms with Crippen molar-refractivity contribution < 1.29 is 4.46 Å². The topological polar surface area (TPSA) is 43.1 Å². The van der Waals surface area contributed by atoms with Gasteiger partial charge in [-0.25, -0.2) is 0 Å². The summed E-state index contributed by atoms with van der Waals surface area (Å²) in [6.07, 6.45) is 3.37. The summed E-state index contributed by atoms with van der Waals surface area (Å²) in [4.78, 5) is 0. The minimum atomic E-state index is -1.66. The minimum absolute atomic E-state index is 0.735. The summed E-state index contributed by atoms with van der Waals surface area (Å²) in [5.74, 6) is 0. The van der Waals surface area contributed by atoms with E-state index in [0.717, 1.165) is 18.9 Å². The lowest BCUT2D eigenvalue weighted by molar-refractivity contribution is 0.556. The van der Waals surface area contributed by atoms with E-state index < -0.39 is 8.84 Å². The lowest BCUT2D eigenvalue weighted by atomic mass is 10.3. The maximum atomic E-state index is 10.3. The van der Waals surface area contributed by atoms with Crippen LogP contribution in [-0.2, 0) is 4.46 Å². The first kappa shape index (κ1) is 7.82. The Hall–Kier alpha value is -0.183. The van der Waals surface area contributed by atoms with Gasteiger partial charge in [-0.2, -0.15) is 0 Å². The van der Waals surface area contributed by atoms with Gasteiger partial charge in [0, 0.05) is 6.04 Å². The van der Waals surface area contributed by atoms with E-state index in [1.165, 1.54) is 6.42 Å². The first-order valence-electron chi connectivity index (χ1n) is 3.05. The summed E-state index contributed by atoms with van der Waals surface area (Å²) in [5.41, 5.74) is 0. The fraction of sp³-hybridized carbons (Fsp3) is 1.00. The maximum absolute atomic E-state index is 10.3. The van der Waals surface area contributed by atoms with Gasteiger partial charge in [0.25, 0.3) is 0 Å². The highest BCUT2D eigenvalue weighted by Gasteiger charge is 1.94. The van der Waals surface area contributed by atoms with Gasteiger partial charge in [-0.05, 0) is 6.42 Å². The zero-order chi connectivity index (χ0) is 6.41. The third kappa shape index (κ3) is 5.82. The Labute approximate surface area is 51.8 Å². The van der Waals surface area contributed by atoms with Gasteiger partial charge in [0.2, 0.25) is 0 Å². The third-order valence-electron chi connectivity index (χ3n) is 1.03. The van der Waals surface area contributed by atoms with E-state index in [-0.39, 0.29) is 0 Å². The van der Waals surface area contributed by atoms with Gasteiger partial charge in [-0.1, -0.05) is 19.8 Å². The molecule has 0 aromatic carbocycles. The summed E-state index contributed by atoms with van der Waals surface area (Å²) < 4.78 is 10.3. The van der Waals surface area contributed by atoms with Gasteiger partial charge in [0.15, 0.2) is 0 Å². The molecule has 0 heterocycles. The Bertz CT molecular complexity index is 74.8. The fourth-order valence-corrected chi connectivity index (χ4v) is 1.15. The summed E-state index contributed by atoms with van der Waals surface area (Å²) in [6.45, 7) is 2.12. The fourth-order valence-electron chi connectivity index (χ4n) is 0.549. The minimum Gasteiger partial charge on any atom is -0.403 e. The lowest BCUT2D eigenvalue weighted by Crippen LogP contribution is -2.12. The Balaban J connectivity index is 2.82. The van der Waals surface area contributed by atoms with Crippen LogP contribution in [0.2, 0.25) is 6.04 Å². The molecule has 0 bridgehead atoms. The normalized spacial score (nSPS) is 9.12. The molecule has 0 aliphatic heterocycles. The Kier molecular flexibility index (Phi) is 4.85. The highest BCUT2D eigenvalue weighted by molar-refractivity contribution is 6.38. The van der Waals surface area contributed by atoms with Crippen molar-refractivity contribution in [2.45, 2.75) is 32.2 Å². The molecular weight excluding hydrogens is 118 g/mol. The Morgan fingerprint density at radius 3 is 2.50 bits per heavy atom. The summed E-state index contributed by atoms with van der Waals surface area (Å²) in [7, 11) is -1.66. The van der Waals surface area contributed by atoms with Gasteiger partial charge in [-0.15, -0.1) is 0 Å². The van der Waals surface area contributed by atoms with Crippen LogP contribution in [0.1, 0.15) is 26.2 Å². The first-order chi connectivity index (χ1) is 3.77. The average Bonchev–Trinajstić information content (AvgIpc) is 1.66. The van der Waals surface area contributed by atoms with Crippen LogP contribution in [0.5, 0.6) is 0 Å². The molecule has 0 radical (unpaired) electrons. The smallest absolute Gasteiger partial charge is 0.389 e. The van der Waals surface area contributed by atoms with Gasteiger partial charge < -0.3 is 9.86 Å². The molecule has 3 heteroatoms. The van der Waals surface area contributed by atoms with Crippen LogP contribution in [0.3, 0.4) is 0 Å². The van der Waals surface area contributed by atoms with E-state index >= 15 is 0 Å². The Morgan fingerprint density at radius 1 is 1.50 bits per heavy atom. The molecule has 0 rings (SSSR count). The number of rotatable bonds is 4. The molecule has 0 aliphatic carbocycles. The average molecular weight is 131 g/mol. The molecule has 0 aromatic rings. The van der Waals surface area contributed by atoms with Crippen molar-refractivity contribution in [3.05, 3.63) is 0 Å². The highest BCUT2D eigenvalue weighted by atomic mass is 28.3. The molecule has 0 saturated heterocycles. The molecule has 8 heavy (non-hydrogen) atoms. The zero-order valence-electron chi connectivity index (χ0n) is 5.31. The molecule has 48 valence electrons. The molecule has 0 unspecified atom stereocenters. The van der Waals surface area contributed by atoms with Crippen LogP contribution >= 0.6 is 0 Å². The quantitative estimate of drug-likeness (QED) is 0.458. The van der Waals surface area contributed by atoms with Crippen LogP contribution in [0, 0.1) is 0 Å². The van der Waals surface area contributed by atoms with Gasteiger partial charge in [0.1, 0.15) is 0 Å². The number of hydrogen-bond acceptors (Lipinski definition) is 1. The second kappa shape index (κ2) is 4.96. The maximum Gasteiger partial charge on any atom is 0.389 e. The largest absolute Gasteiger partial charge is 0.403 e. The third-order valence-corrected chi connectivity index (χ3v) is 1.87. The molecule has 2 N–H and O–H groups in total. The predicted molar refractivity (Wildman–Crippen MR) is 35.0 cm³/mol. The first-order valence-corrected chi connectivity index (χ1v) is 4.75. The molecule has 0 aromatic heterocycles. The van der Waals surface area contributed by atoms with Crippen molar-refractivity contribution in [1.29, 1.82) is 0 Å². The van der Waals surface area contributed by atoms with Gasteiger partial charge in [-0.3, -0.25) is 0 Å². The Morgan fingerprint density at radius 2 is 2.12 bits per heavy atom. The van der Waals surface area contributed by atoms with Crippen molar-refractivity contribution in [2.75, 3.05) is 0 Å². The molecule has 0 spiro atoms. The standard InChI is InChI=1S/C5H13NOSi/c1-2-3-4-5-8(6)7/h2-6H2,1H3. The SMILES string of the molecule is CCCCC[Si](N)=O. The van der Waals surface area contributed by atoms with Crippen LogP contribution < -0.4 is 5.40 Å². The van der Waals surface area contributed by atoms with Crippen molar-refractivity contribution in [3.8, 4) is 0 Å². The van der Waals surface area contributed by atoms with Crippen molar-refractivity contribution in [3.63, 3.8) is 0 Å². The van der Waals surface area contributed by atoms with Crippen molar-refractivity contribution in [2.24, 2.45) is 5.40 Å². The van der Waals surface area contributed by atoms with Crippen LogP contribution in [0.25, 0.3) is 0 Å². The van der Waals surface area contributed by atoms with E-state index in [1.54, 1.807) is 0 Å². The molecule has 2 nitrogen and oxygen atoms in total. The zero-order valence-corrected chi connectivity index (χ0v) is 6.31. The van der Waals surface area contributed by atoms with E-state index in [1.807, 2.05) is 0 Å². The van der Waals surface area contributed by atoms with E-state index in [2.05, 4.69) is 6.92 Å².